The molecule has 1 fully saturated rings. The van der Waals surface area contributed by atoms with Crippen molar-refractivity contribution in [2.45, 2.75) is 18.2 Å². The normalized spacial score (nSPS) is 17.0. The van der Waals surface area contributed by atoms with Gasteiger partial charge in [0, 0.05) is 13.1 Å². The highest BCUT2D eigenvalue weighted by atomic mass is 32.2. The van der Waals surface area contributed by atoms with Crippen LogP contribution in [0.2, 0.25) is 0 Å². The molecular weight excluding hydrogens is 264 g/mol. The van der Waals surface area contributed by atoms with Crippen LogP contribution in [0.1, 0.15) is 12.5 Å². The zero-order valence-corrected chi connectivity index (χ0v) is 11.8. The Morgan fingerprint density at radius 1 is 1.26 bits per heavy atom. The van der Waals surface area contributed by atoms with Gasteiger partial charge < -0.3 is 9.64 Å². The number of benzene rings is 1. The van der Waals surface area contributed by atoms with E-state index in [1.165, 1.54) is 6.34 Å². The Bertz CT molecular complexity index is 532. The van der Waals surface area contributed by atoms with E-state index in [-0.39, 0.29) is 4.90 Å². The van der Waals surface area contributed by atoms with Crippen molar-refractivity contribution in [3.63, 3.8) is 0 Å². The number of rotatable bonds is 4. The maximum atomic E-state index is 12.0. The lowest BCUT2D eigenvalue weighted by Gasteiger charge is -2.23. The summed E-state index contributed by atoms with van der Waals surface area (Å²) in [6.45, 7) is 4.59. The first kappa shape index (κ1) is 14.0. The molecule has 6 heteroatoms. The molecule has 1 saturated heterocycles. The highest BCUT2D eigenvalue weighted by molar-refractivity contribution is 7.90. The van der Waals surface area contributed by atoms with Gasteiger partial charge in [-0.05, 0) is 24.1 Å². The molecule has 0 saturated carbocycles. The van der Waals surface area contributed by atoms with Crippen molar-refractivity contribution >= 4 is 16.4 Å². The molecule has 0 radical (unpaired) electrons. The molecule has 5 nitrogen and oxygen atoms in total. The minimum absolute atomic E-state index is 0.231. The maximum absolute atomic E-state index is 12.0. The van der Waals surface area contributed by atoms with Crippen LogP contribution < -0.4 is 0 Å². The summed E-state index contributed by atoms with van der Waals surface area (Å²) in [5, 5.41) is 0. The van der Waals surface area contributed by atoms with Crippen LogP contribution in [-0.4, -0.2) is 46.0 Å². The number of nitrogens with zero attached hydrogens (tertiary/aromatic N) is 2. The van der Waals surface area contributed by atoms with Crippen molar-refractivity contribution in [2.75, 3.05) is 26.3 Å². The van der Waals surface area contributed by atoms with Gasteiger partial charge >= 0.3 is 0 Å². The van der Waals surface area contributed by atoms with Gasteiger partial charge in [0.25, 0.3) is 10.0 Å². The lowest BCUT2D eigenvalue weighted by atomic mass is 10.2. The van der Waals surface area contributed by atoms with Gasteiger partial charge in [0.2, 0.25) is 0 Å². The van der Waals surface area contributed by atoms with Gasteiger partial charge in [-0.3, -0.25) is 0 Å². The highest BCUT2D eigenvalue weighted by Gasteiger charge is 2.13. The average molecular weight is 282 g/mol. The Balaban J connectivity index is 2.10. The van der Waals surface area contributed by atoms with E-state index in [4.69, 9.17) is 4.74 Å². The molecule has 0 amide bonds. The molecule has 0 bridgehead atoms. The molecule has 0 unspecified atom stereocenters. The third-order valence-electron chi connectivity index (χ3n) is 3.02. The van der Waals surface area contributed by atoms with Crippen molar-refractivity contribution < 1.29 is 13.2 Å². The standard InChI is InChI=1S/C13H18N2O3S/c1-2-12-3-5-13(6-4-12)19(16,17)14-11-15-7-9-18-10-8-15/h3-6,11H,2,7-10H2,1H3/b14-11+. The van der Waals surface area contributed by atoms with E-state index in [1.807, 2.05) is 24.0 Å². The third-order valence-corrected chi connectivity index (χ3v) is 4.26. The Morgan fingerprint density at radius 3 is 2.47 bits per heavy atom. The Morgan fingerprint density at radius 2 is 1.89 bits per heavy atom. The number of morpholine rings is 1. The van der Waals surface area contributed by atoms with E-state index >= 15 is 0 Å². The molecule has 0 atom stereocenters. The molecule has 104 valence electrons. The third kappa shape index (κ3) is 3.78. The van der Waals surface area contributed by atoms with Crippen LogP contribution in [0.25, 0.3) is 0 Å². The van der Waals surface area contributed by atoms with Gasteiger partial charge in [-0.2, -0.15) is 8.42 Å². The summed E-state index contributed by atoms with van der Waals surface area (Å²) in [5.41, 5.74) is 1.11. The largest absolute Gasteiger partial charge is 0.378 e. The van der Waals surface area contributed by atoms with Gasteiger partial charge in [-0.15, -0.1) is 4.40 Å². The molecule has 0 aromatic heterocycles. The first-order chi connectivity index (χ1) is 9.12. The maximum Gasteiger partial charge on any atom is 0.283 e. The highest BCUT2D eigenvalue weighted by Crippen LogP contribution is 2.13. The van der Waals surface area contributed by atoms with E-state index in [1.54, 1.807) is 12.1 Å². The molecule has 2 rings (SSSR count). The predicted octanol–water partition coefficient (Wildman–Crippen LogP) is 1.30. The van der Waals surface area contributed by atoms with E-state index in [0.29, 0.717) is 26.3 Å². The summed E-state index contributed by atoms with van der Waals surface area (Å²) < 4.78 is 32.9. The Hall–Kier alpha value is -1.40. The minimum atomic E-state index is -3.60. The van der Waals surface area contributed by atoms with Gasteiger partial charge in [0.05, 0.1) is 18.1 Å². The molecular formula is C13H18N2O3S. The average Bonchev–Trinajstić information content (AvgIpc) is 2.46. The summed E-state index contributed by atoms with van der Waals surface area (Å²) in [4.78, 5) is 2.08. The molecule has 19 heavy (non-hydrogen) atoms. The second kappa shape index (κ2) is 6.16. The lowest BCUT2D eigenvalue weighted by Crippen LogP contribution is -2.35. The summed E-state index contributed by atoms with van der Waals surface area (Å²) in [5.74, 6) is 0. The van der Waals surface area contributed by atoms with Crippen LogP contribution >= 0.6 is 0 Å². The van der Waals surface area contributed by atoms with Gasteiger partial charge in [0.15, 0.2) is 0 Å². The fourth-order valence-electron chi connectivity index (χ4n) is 1.78. The van der Waals surface area contributed by atoms with Gasteiger partial charge in [0.1, 0.15) is 6.34 Å². The van der Waals surface area contributed by atoms with Crippen LogP contribution in [0.15, 0.2) is 33.6 Å². The fourth-order valence-corrected chi connectivity index (χ4v) is 2.64. The quantitative estimate of drug-likeness (QED) is 0.617. The summed E-state index contributed by atoms with van der Waals surface area (Å²) in [6.07, 6.45) is 2.28. The van der Waals surface area contributed by atoms with E-state index < -0.39 is 10.0 Å². The topological polar surface area (TPSA) is 59.0 Å². The van der Waals surface area contributed by atoms with Crippen LogP contribution in [0.3, 0.4) is 0 Å². The number of ether oxygens (including phenoxy) is 1. The van der Waals surface area contributed by atoms with Crippen molar-refractivity contribution in [3.05, 3.63) is 29.8 Å². The molecule has 1 aliphatic rings. The van der Waals surface area contributed by atoms with Crippen LogP contribution in [-0.2, 0) is 21.2 Å². The van der Waals surface area contributed by atoms with Crippen LogP contribution in [0.4, 0.5) is 0 Å². The number of sulfonamides is 1. The van der Waals surface area contributed by atoms with Crippen molar-refractivity contribution in [1.29, 1.82) is 0 Å². The molecule has 1 heterocycles. The summed E-state index contributed by atoms with van der Waals surface area (Å²) >= 11 is 0. The predicted molar refractivity (Wildman–Crippen MR) is 73.9 cm³/mol. The number of hydrogen-bond acceptors (Lipinski definition) is 3. The fraction of sp³-hybridized carbons (Fsp3) is 0.462. The number of hydrogen-bond donors (Lipinski definition) is 0. The zero-order chi connectivity index (χ0) is 13.7. The summed E-state index contributed by atoms with van der Waals surface area (Å²) in [6, 6.07) is 6.84. The van der Waals surface area contributed by atoms with E-state index in [2.05, 4.69) is 4.40 Å². The van der Waals surface area contributed by atoms with Crippen LogP contribution in [0.5, 0.6) is 0 Å². The molecule has 1 aliphatic heterocycles. The van der Waals surface area contributed by atoms with Crippen molar-refractivity contribution in [3.8, 4) is 0 Å². The molecule has 1 aromatic rings. The second-order valence-corrected chi connectivity index (χ2v) is 5.97. The molecule has 0 spiro atoms. The second-order valence-electron chi connectivity index (χ2n) is 4.34. The SMILES string of the molecule is CCc1ccc(S(=O)(=O)/N=C/N2CCOCC2)cc1. The smallest absolute Gasteiger partial charge is 0.283 e. The first-order valence-corrected chi connectivity index (χ1v) is 7.77. The van der Waals surface area contributed by atoms with Gasteiger partial charge in [-0.25, -0.2) is 0 Å². The Kier molecular flexibility index (Phi) is 4.55. The lowest BCUT2D eigenvalue weighted by molar-refractivity contribution is 0.0701. The molecule has 0 N–H and O–H groups in total. The van der Waals surface area contributed by atoms with E-state index in [9.17, 15) is 8.42 Å². The van der Waals surface area contributed by atoms with Crippen LogP contribution in [0, 0.1) is 0 Å². The monoisotopic (exact) mass is 282 g/mol. The zero-order valence-electron chi connectivity index (χ0n) is 10.9. The number of aryl methyl sites for hydroxylation is 1. The minimum Gasteiger partial charge on any atom is -0.378 e. The molecule has 1 aromatic carbocycles. The first-order valence-electron chi connectivity index (χ1n) is 6.33. The van der Waals surface area contributed by atoms with E-state index in [0.717, 1.165) is 12.0 Å². The molecule has 0 aliphatic carbocycles. The summed E-state index contributed by atoms with van der Waals surface area (Å²) in [7, 11) is -3.60. The van der Waals surface area contributed by atoms with Gasteiger partial charge in [-0.1, -0.05) is 19.1 Å². The van der Waals surface area contributed by atoms with Crippen molar-refractivity contribution in [1.82, 2.24) is 4.90 Å². The van der Waals surface area contributed by atoms with Crippen molar-refractivity contribution in [2.24, 2.45) is 4.40 Å². The Labute approximate surface area is 114 Å².